The van der Waals surface area contributed by atoms with Gasteiger partial charge in [0.2, 0.25) is 5.82 Å². The number of ether oxygens (including phenoxy) is 2. The molecule has 0 saturated heterocycles. The summed E-state index contributed by atoms with van der Waals surface area (Å²) >= 11 is 0. The summed E-state index contributed by atoms with van der Waals surface area (Å²) in [4.78, 5) is 24.9. The molecule has 1 aromatic heterocycles. The maximum Gasteiger partial charge on any atom is 0.372 e. The fourth-order valence-electron chi connectivity index (χ4n) is 3.80. The number of hydrogen-bond acceptors (Lipinski definition) is 5. The van der Waals surface area contributed by atoms with Gasteiger partial charge in [-0.15, -0.1) is 0 Å². The average molecular weight is 372 g/mol. The molecule has 4 rings (SSSR count). The van der Waals surface area contributed by atoms with Crippen LogP contribution in [0.1, 0.15) is 61.5 Å². The van der Waals surface area contributed by atoms with Gasteiger partial charge in [-0.3, -0.25) is 4.79 Å². The Balaban J connectivity index is 2.18. The van der Waals surface area contributed by atoms with Crippen LogP contribution in [0.2, 0.25) is 0 Å². The minimum atomic E-state index is -1.07. The molecule has 5 nitrogen and oxygen atoms in total. The summed E-state index contributed by atoms with van der Waals surface area (Å²) in [6.45, 7) is 5.69. The third kappa shape index (κ3) is 2.66. The molecule has 3 heterocycles. The number of benzene rings is 1. The first-order valence-corrected chi connectivity index (χ1v) is 9.36. The van der Waals surface area contributed by atoms with Crippen molar-refractivity contribution in [3.05, 3.63) is 39.0 Å². The number of carbonyl (C=O) groups is 1. The van der Waals surface area contributed by atoms with Crippen LogP contribution in [-0.4, -0.2) is 18.0 Å². The van der Waals surface area contributed by atoms with E-state index in [9.17, 15) is 14.0 Å². The van der Waals surface area contributed by atoms with Gasteiger partial charge in [-0.2, -0.15) is 4.39 Å². The van der Waals surface area contributed by atoms with Crippen LogP contribution in [0.25, 0.3) is 17.0 Å². The van der Waals surface area contributed by atoms with Crippen LogP contribution in [0, 0.1) is 5.82 Å². The van der Waals surface area contributed by atoms with E-state index in [4.69, 9.17) is 13.9 Å². The number of carbonyl (C=O) groups excluding carboxylic acids is 1. The maximum absolute atomic E-state index is 14.7. The molecule has 2 aromatic rings. The fourth-order valence-corrected chi connectivity index (χ4v) is 3.80. The number of fused-ring (bicyclic) bond motifs is 6. The quantitative estimate of drug-likeness (QED) is 0.746. The Labute approximate surface area is 155 Å². The van der Waals surface area contributed by atoms with Crippen molar-refractivity contribution in [1.29, 1.82) is 0 Å². The van der Waals surface area contributed by atoms with Crippen LogP contribution in [0.15, 0.2) is 15.3 Å². The summed E-state index contributed by atoms with van der Waals surface area (Å²) in [6.07, 6.45) is 5.15. The highest BCUT2D eigenvalue weighted by atomic mass is 19.1. The van der Waals surface area contributed by atoms with Crippen LogP contribution < -0.4 is 15.1 Å². The van der Waals surface area contributed by atoms with Crippen molar-refractivity contribution in [2.24, 2.45) is 0 Å². The van der Waals surface area contributed by atoms with Crippen molar-refractivity contribution in [3.8, 4) is 11.5 Å². The Kier molecular flexibility index (Phi) is 4.29. The normalized spacial score (nSPS) is 20.8. The van der Waals surface area contributed by atoms with Gasteiger partial charge < -0.3 is 13.9 Å². The molecule has 2 unspecified atom stereocenters. The van der Waals surface area contributed by atoms with Gasteiger partial charge in [0, 0.05) is 12.0 Å². The predicted octanol–water partition coefficient (Wildman–Crippen LogP) is 4.42. The molecular weight excluding hydrogens is 351 g/mol. The standard InChI is InChI=1S/C21H21FO5/c1-4-6-12-15-18-13(8-7-11(5-2)26-18)19-16(14(23)9-10(3)25-19)20(15)27-21(24)17(12)22/h7-8,10-11H,4-6,9H2,1-3H3. The molecule has 0 fully saturated rings. The van der Waals surface area contributed by atoms with Gasteiger partial charge >= 0.3 is 5.63 Å². The van der Waals surface area contributed by atoms with Crippen molar-refractivity contribution in [2.75, 3.05) is 0 Å². The number of Topliss-reactive ketones (excluding diaryl/α,β-unsaturated/α-hetero) is 1. The summed E-state index contributed by atoms with van der Waals surface area (Å²) in [5.74, 6) is -0.328. The molecule has 0 aliphatic carbocycles. The van der Waals surface area contributed by atoms with E-state index in [0.717, 1.165) is 6.42 Å². The van der Waals surface area contributed by atoms with Gasteiger partial charge in [0.25, 0.3) is 0 Å². The Hall–Kier alpha value is -2.63. The zero-order chi connectivity index (χ0) is 19.3. The van der Waals surface area contributed by atoms with E-state index in [1.54, 1.807) is 0 Å². The maximum atomic E-state index is 14.7. The van der Waals surface area contributed by atoms with Crippen LogP contribution in [0.5, 0.6) is 11.5 Å². The van der Waals surface area contributed by atoms with E-state index >= 15 is 0 Å². The fraction of sp³-hybridized carbons (Fsp3) is 0.429. The monoisotopic (exact) mass is 372 g/mol. The molecule has 142 valence electrons. The number of rotatable bonds is 3. The second kappa shape index (κ2) is 6.51. The van der Waals surface area contributed by atoms with Crippen molar-refractivity contribution in [2.45, 2.75) is 58.7 Å². The number of halogens is 1. The third-order valence-electron chi connectivity index (χ3n) is 5.06. The van der Waals surface area contributed by atoms with Crippen LogP contribution >= 0.6 is 0 Å². The molecule has 6 heteroatoms. The van der Waals surface area contributed by atoms with E-state index in [2.05, 4.69) is 0 Å². The summed E-state index contributed by atoms with van der Waals surface area (Å²) in [7, 11) is 0. The van der Waals surface area contributed by atoms with E-state index in [1.165, 1.54) is 0 Å². The van der Waals surface area contributed by atoms with Crippen molar-refractivity contribution in [3.63, 3.8) is 0 Å². The Bertz CT molecular complexity index is 1030. The molecule has 0 saturated carbocycles. The molecule has 0 bridgehead atoms. The molecule has 0 spiro atoms. The third-order valence-corrected chi connectivity index (χ3v) is 5.06. The number of hydrogen-bond donors (Lipinski definition) is 0. The average Bonchev–Trinajstić information content (AvgIpc) is 2.64. The van der Waals surface area contributed by atoms with Crippen molar-refractivity contribution in [1.82, 2.24) is 0 Å². The van der Waals surface area contributed by atoms with Gasteiger partial charge in [0.05, 0.1) is 10.9 Å². The minimum Gasteiger partial charge on any atom is -0.489 e. The summed E-state index contributed by atoms with van der Waals surface area (Å²) in [5, 5.41) is 0.372. The molecule has 2 atom stereocenters. The highest BCUT2D eigenvalue weighted by Gasteiger charge is 2.35. The molecule has 1 aromatic carbocycles. The lowest BCUT2D eigenvalue weighted by Gasteiger charge is -2.30. The molecule has 0 amide bonds. The minimum absolute atomic E-state index is 0.0700. The molecular formula is C21H21FO5. The smallest absolute Gasteiger partial charge is 0.372 e. The molecule has 27 heavy (non-hydrogen) atoms. The van der Waals surface area contributed by atoms with Crippen LogP contribution in [-0.2, 0) is 6.42 Å². The van der Waals surface area contributed by atoms with E-state index in [0.29, 0.717) is 35.3 Å². The zero-order valence-corrected chi connectivity index (χ0v) is 15.6. The summed E-state index contributed by atoms with van der Waals surface area (Å²) < 4.78 is 32.0. The molecule has 2 aliphatic heterocycles. The highest BCUT2D eigenvalue weighted by Crippen LogP contribution is 2.48. The lowest BCUT2D eigenvalue weighted by molar-refractivity contribution is 0.0870. The predicted molar refractivity (Wildman–Crippen MR) is 99.2 cm³/mol. The number of aryl methyl sites for hydroxylation is 1. The number of ketones is 1. The lowest BCUT2D eigenvalue weighted by atomic mass is 9.91. The first kappa shape index (κ1) is 17.8. The highest BCUT2D eigenvalue weighted by molar-refractivity contribution is 6.13. The van der Waals surface area contributed by atoms with Crippen LogP contribution in [0.4, 0.5) is 4.39 Å². The molecule has 0 radical (unpaired) electrons. The van der Waals surface area contributed by atoms with Gasteiger partial charge in [0.1, 0.15) is 29.3 Å². The van der Waals surface area contributed by atoms with Gasteiger partial charge in [0.15, 0.2) is 11.4 Å². The largest absolute Gasteiger partial charge is 0.489 e. The van der Waals surface area contributed by atoms with Gasteiger partial charge in [-0.25, -0.2) is 4.79 Å². The Morgan fingerprint density at radius 1 is 1.19 bits per heavy atom. The zero-order valence-electron chi connectivity index (χ0n) is 15.6. The second-order valence-electron chi connectivity index (χ2n) is 7.06. The topological polar surface area (TPSA) is 65.7 Å². The summed E-state index contributed by atoms with van der Waals surface area (Å²) in [6, 6.07) is 0. The molecule has 2 aliphatic rings. The van der Waals surface area contributed by atoms with E-state index < -0.39 is 11.4 Å². The van der Waals surface area contributed by atoms with Gasteiger partial charge in [-0.05, 0) is 31.9 Å². The Morgan fingerprint density at radius 2 is 1.96 bits per heavy atom. The van der Waals surface area contributed by atoms with Gasteiger partial charge in [-0.1, -0.05) is 20.3 Å². The SMILES string of the molecule is CCCc1c(F)c(=O)oc2c3c(c4c(c12)OC(CC)C=C4)OC(C)CC3=O. The first-order valence-electron chi connectivity index (χ1n) is 9.36. The lowest BCUT2D eigenvalue weighted by Crippen LogP contribution is -2.27. The second-order valence-corrected chi connectivity index (χ2v) is 7.06. The van der Waals surface area contributed by atoms with Crippen molar-refractivity contribution < 1.29 is 23.1 Å². The van der Waals surface area contributed by atoms with E-state index in [-0.39, 0.29) is 41.1 Å². The van der Waals surface area contributed by atoms with Crippen LogP contribution in [0.3, 0.4) is 0 Å². The molecule has 0 N–H and O–H groups in total. The summed E-state index contributed by atoms with van der Waals surface area (Å²) in [5.41, 5.74) is 0.0464. The first-order chi connectivity index (χ1) is 13.0. The Morgan fingerprint density at radius 3 is 2.67 bits per heavy atom. The van der Waals surface area contributed by atoms with Crippen molar-refractivity contribution >= 4 is 22.8 Å². The van der Waals surface area contributed by atoms with E-state index in [1.807, 2.05) is 32.9 Å².